The molecular weight excluding hydrogens is 314 g/mol. The number of benzene rings is 1. The topological polar surface area (TPSA) is 77.5 Å². The van der Waals surface area contributed by atoms with Crippen molar-refractivity contribution in [3.05, 3.63) is 23.8 Å². The quantitative estimate of drug-likeness (QED) is 0.758. The number of aliphatic carboxylic acids is 1. The second kappa shape index (κ2) is 7.83. The first-order valence-corrected chi connectivity index (χ1v) is 8.16. The van der Waals surface area contributed by atoms with Gasteiger partial charge in [0.1, 0.15) is 6.04 Å². The zero-order chi connectivity index (χ0) is 16.9. The molecule has 0 aliphatic carbocycles. The maximum absolute atomic E-state index is 11.8. The van der Waals surface area contributed by atoms with Gasteiger partial charge in [-0.25, -0.2) is 0 Å². The minimum absolute atomic E-state index is 0.169. The van der Waals surface area contributed by atoms with Gasteiger partial charge in [-0.05, 0) is 30.5 Å². The molecule has 1 saturated heterocycles. The molecule has 7 heteroatoms. The summed E-state index contributed by atoms with van der Waals surface area (Å²) in [5.41, 5.74) is 0.713. The van der Waals surface area contributed by atoms with Crippen molar-refractivity contribution >= 4 is 5.97 Å². The van der Waals surface area contributed by atoms with Gasteiger partial charge in [-0.3, -0.25) is 9.69 Å². The smallest absolute Gasteiger partial charge is 0.325 e. The molecule has 1 atom stereocenters. The van der Waals surface area contributed by atoms with Crippen molar-refractivity contribution in [1.29, 1.82) is 0 Å². The Morgan fingerprint density at radius 2 is 2.04 bits per heavy atom. The third kappa shape index (κ3) is 3.80. The normalized spacial score (nSPS) is 19.4. The summed E-state index contributed by atoms with van der Waals surface area (Å²) in [6, 6.07) is 4.66. The van der Waals surface area contributed by atoms with Crippen molar-refractivity contribution in [2.45, 2.75) is 25.0 Å². The van der Waals surface area contributed by atoms with Crippen LogP contribution in [0.15, 0.2) is 18.2 Å². The Bertz CT molecular complexity index is 570. The number of fused-ring (bicyclic) bond motifs is 1. The average molecular weight is 337 g/mol. The molecule has 0 bridgehead atoms. The van der Waals surface area contributed by atoms with Crippen molar-refractivity contribution in [2.75, 3.05) is 40.2 Å². The lowest BCUT2D eigenvalue weighted by Gasteiger charge is -2.35. The Kier molecular flexibility index (Phi) is 5.55. The summed E-state index contributed by atoms with van der Waals surface area (Å²) in [7, 11) is 1.65. The fourth-order valence-electron chi connectivity index (χ4n) is 3.19. The first kappa shape index (κ1) is 17.0. The number of rotatable bonds is 7. The standard InChI is InChI=1S/C17H23NO6/c1-21-8-9-22-13-4-6-18(7-5-13)16(17(19)20)12-2-3-14-15(10-12)24-11-23-14/h2-3,10,13,16H,4-9,11H2,1H3,(H,19,20)/t16-/m1/s1. The molecule has 1 aromatic carbocycles. The molecule has 7 nitrogen and oxygen atoms in total. The third-order valence-corrected chi connectivity index (χ3v) is 4.43. The van der Waals surface area contributed by atoms with E-state index in [4.69, 9.17) is 18.9 Å². The van der Waals surface area contributed by atoms with Crippen LogP contribution in [0.1, 0.15) is 24.4 Å². The molecule has 0 amide bonds. The maximum Gasteiger partial charge on any atom is 0.325 e. The van der Waals surface area contributed by atoms with Crippen LogP contribution < -0.4 is 9.47 Å². The largest absolute Gasteiger partial charge is 0.480 e. The van der Waals surface area contributed by atoms with Crippen molar-refractivity contribution in [2.24, 2.45) is 0 Å². The van der Waals surface area contributed by atoms with Crippen LogP contribution in [0.2, 0.25) is 0 Å². The Morgan fingerprint density at radius 1 is 1.29 bits per heavy atom. The van der Waals surface area contributed by atoms with Crippen molar-refractivity contribution in [1.82, 2.24) is 4.90 Å². The Morgan fingerprint density at radius 3 is 2.75 bits per heavy atom. The number of carbonyl (C=O) groups is 1. The molecule has 24 heavy (non-hydrogen) atoms. The molecule has 0 aromatic heterocycles. The van der Waals surface area contributed by atoms with E-state index >= 15 is 0 Å². The number of nitrogens with zero attached hydrogens (tertiary/aromatic N) is 1. The highest BCUT2D eigenvalue weighted by Gasteiger charge is 2.32. The van der Waals surface area contributed by atoms with Crippen molar-refractivity contribution in [3.8, 4) is 11.5 Å². The van der Waals surface area contributed by atoms with Crippen LogP contribution >= 0.6 is 0 Å². The van der Waals surface area contributed by atoms with Gasteiger partial charge >= 0.3 is 5.97 Å². The van der Waals surface area contributed by atoms with Crippen LogP contribution in [-0.2, 0) is 14.3 Å². The van der Waals surface area contributed by atoms with E-state index in [-0.39, 0.29) is 12.9 Å². The Hall–Kier alpha value is -1.83. The first-order valence-electron chi connectivity index (χ1n) is 8.16. The highest BCUT2D eigenvalue weighted by Crippen LogP contribution is 2.36. The Balaban J connectivity index is 1.64. The molecule has 0 unspecified atom stereocenters. The van der Waals surface area contributed by atoms with Crippen LogP contribution in [0.4, 0.5) is 0 Å². The van der Waals surface area contributed by atoms with Gasteiger partial charge in [0.15, 0.2) is 11.5 Å². The van der Waals surface area contributed by atoms with E-state index in [2.05, 4.69) is 0 Å². The molecular formula is C17H23NO6. The molecule has 0 saturated carbocycles. The second-order valence-corrected chi connectivity index (χ2v) is 5.95. The predicted octanol–water partition coefficient (Wildman–Crippen LogP) is 1.67. The summed E-state index contributed by atoms with van der Waals surface area (Å²) < 4.78 is 21.4. The van der Waals surface area contributed by atoms with Crippen LogP contribution in [0, 0.1) is 0 Å². The maximum atomic E-state index is 11.8. The van der Waals surface area contributed by atoms with E-state index in [0.29, 0.717) is 43.4 Å². The Labute approximate surface area is 141 Å². The SMILES string of the molecule is COCCOC1CCN([C@@H](C(=O)O)c2ccc3c(c2)OCO3)CC1. The van der Waals surface area contributed by atoms with Crippen LogP contribution in [-0.4, -0.2) is 62.3 Å². The van der Waals surface area contributed by atoms with Gasteiger partial charge in [-0.1, -0.05) is 6.07 Å². The van der Waals surface area contributed by atoms with E-state index < -0.39 is 12.0 Å². The molecule has 1 aromatic rings. The fraction of sp³-hybridized carbons (Fsp3) is 0.588. The van der Waals surface area contributed by atoms with Gasteiger partial charge < -0.3 is 24.1 Å². The lowest BCUT2D eigenvalue weighted by molar-refractivity contribution is -0.145. The molecule has 2 aliphatic heterocycles. The van der Waals surface area contributed by atoms with E-state index in [1.54, 1.807) is 25.3 Å². The summed E-state index contributed by atoms with van der Waals surface area (Å²) in [6.45, 7) is 2.70. The van der Waals surface area contributed by atoms with Crippen LogP contribution in [0.25, 0.3) is 0 Å². The number of methoxy groups -OCH3 is 1. The zero-order valence-electron chi connectivity index (χ0n) is 13.8. The minimum atomic E-state index is -0.854. The van der Waals surface area contributed by atoms with Gasteiger partial charge in [-0.15, -0.1) is 0 Å². The molecule has 2 heterocycles. The fourth-order valence-corrected chi connectivity index (χ4v) is 3.19. The first-order chi connectivity index (χ1) is 11.7. The molecule has 1 fully saturated rings. The molecule has 1 N–H and O–H groups in total. The van der Waals surface area contributed by atoms with Gasteiger partial charge in [0.05, 0.1) is 19.3 Å². The molecule has 2 aliphatic rings. The number of carboxylic acids is 1. The zero-order valence-corrected chi connectivity index (χ0v) is 13.8. The van der Waals surface area contributed by atoms with E-state index in [1.165, 1.54) is 0 Å². The number of likely N-dealkylation sites (tertiary alicyclic amines) is 1. The number of carboxylic acid groups (broad SMARTS) is 1. The summed E-state index contributed by atoms with van der Waals surface area (Å²) in [4.78, 5) is 13.8. The predicted molar refractivity (Wildman–Crippen MR) is 85.4 cm³/mol. The van der Waals surface area contributed by atoms with E-state index in [0.717, 1.165) is 12.8 Å². The van der Waals surface area contributed by atoms with E-state index in [9.17, 15) is 9.90 Å². The molecule has 0 spiro atoms. The van der Waals surface area contributed by atoms with Crippen LogP contribution in [0.5, 0.6) is 11.5 Å². The van der Waals surface area contributed by atoms with Gasteiger partial charge in [0, 0.05) is 20.2 Å². The minimum Gasteiger partial charge on any atom is -0.480 e. The molecule has 3 rings (SSSR count). The number of piperidine rings is 1. The lowest BCUT2D eigenvalue weighted by Crippen LogP contribution is -2.42. The third-order valence-electron chi connectivity index (χ3n) is 4.43. The van der Waals surface area contributed by atoms with Crippen molar-refractivity contribution in [3.63, 3.8) is 0 Å². The number of ether oxygens (including phenoxy) is 4. The number of hydrogen-bond acceptors (Lipinski definition) is 6. The van der Waals surface area contributed by atoms with Gasteiger partial charge in [0.25, 0.3) is 0 Å². The van der Waals surface area contributed by atoms with Crippen LogP contribution in [0.3, 0.4) is 0 Å². The monoisotopic (exact) mass is 337 g/mol. The summed E-state index contributed by atoms with van der Waals surface area (Å²) in [5, 5.41) is 9.71. The summed E-state index contributed by atoms with van der Waals surface area (Å²) in [6.07, 6.45) is 1.80. The summed E-state index contributed by atoms with van der Waals surface area (Å²) in [5.74, 6) is 0.414. The highest BCUT2D eigenvalue weighted by molar-refractivity contribution is 5.76. The van der Waals surface area contributed by atoms with Gasteiger partial charge in [0.2, 0.25) is 6.79 Å². The highest BCUT2D eigenvalue weighted by atomic mass is 16.7. The van der Waals surface area contributed by atoms with Crippen molar-refractivity contribution < 1.29 is 28.8 Å². The summed E-state index contributed by atoms with van der Waals surface area (Å²) >= 11 is 0. The van der Waals surface area contributed by atoms with E-state index in [1.807, 2.05) is 4.90 Å². The van der Waals surface area contributed by atoms with Gasteiger partial charge in [-0.2, -0.15) is 0 Å². The number of hydrogen-bond donors (Lipinski definition) is 1. The second-order valence-electron chi connectivity index (χ2n) is 5.95. The lowest BCUT2D eigenvalue weighted by atomic mass is 10.00. The molecule has 0 radical (unpaired) electrons. The molecule has 132 valence electrons. The average Bonchev–Trinajstić information content (AvgIpc) is 3.04.